The number of piperidine rings is 2. The molecule has 5 nitrogen and oxygen atoms in total. The van der Waals surface area contributed by atoms with Crippen LogP contribution in [0.5, 0.6) is 0 Å². The topological polar surface area (TPSA) is 52.2 Å². The molecule has 3 heterocycles. The molecule has 0 unspecified atom stereocenters. The van der Waals surface area contributed by atoms with Gasteiger partial charge < -0.3 is 14.8 Å². The molecule has 1 amide bonds. The average Bonchev–Trinajstić information content (AvgIpc) is 3.31. The van der Waals surface area contributed by atoms with Crippen molar-refractivity contribution in [2.75, 3.05) is 32.7 Å². The summed E-state index contributed by atoms with van der Waals surface area (Å²) >= 11 is 12.0. The minimum absolute atomic E-state index is 0.0661. The second kappa shape index (κ2) is 10.7. The lowest BCUT2D eigenvalue weighted by Gasteiger charge is -2.37. The third-order valence-electron chi connectivity index (χ3n) is 7.51. The Morgan fingerprint density at radius 1 is 1.06 bits per heavy atom. The van der Waals surface area contributed by atoms with Crippen LogP contribution in [0.25, 0.3) is 17.1 Å². The van der Waals surface area contributed by atoms with E-state index in [1.165, 1.54) is 5.56 Å². The number of aryl methyl sites for hydroxylation is 1. The van der Waals surface area contributed by atoms with Gasteiger partial charge in [-0.25, -0.2) is 4.98 Å². The number of para-hydroxylation sites is 1. The van der Waals surface area contributed by atoms with E-state index in [2.05, 4.69) is 35.0 Å². The normalized spacial score (nSPS) is 18.7. The molecule has 0 saturated carbocycles. The first-order valence-electron chi connectivity index (χ1n) is 12.6. The van der Waals surface area contributed by atoms with Crippen LogP contribution in [0, 0.1) is 12.8 Å². The molecule has 0 aliphatic carbocycles. The molecule has 0 bridgehead atoms. The van der Waals surface area contributed by atoms with Gasteiger partial charge in [0.1, 0.15) is 5.82 Å². The van der Waals surface area contributed by atoms with Crippen LogP contribution in [0.2, 0.25) is 10.0 Å². The van der Waals surface area contributed by atoms with E-state index in [1.807, 2.05) is 17.0 Å². The Balaban J connectivity index is 1.07. The lowest BCUT2D eigenvalue weighted by molar-refractivity contribution is -0.127. The maximum Gasteiger partial charge on any atom is 0.246 e. The van der Waals surface area contributed by atoms with Crippen LogP contribution in [-0.4, -0.2) is 58.4 Å². The first kappa shape index (κ1) is 24.4. The first-order chi connectivity index (χ1) is 17.0. The van der Waals surface area contributed by atoms with Gasteiger partial charge in [-0.05, 0) is 87.0 Å². The Hall–Kier alpha value is -2.34. The number of aromatic nitrogens is 2. The van der Waals surface area contributed by atoms with Crippen molar-refractivity contribution in [3.63, 3.8) is 0 Å². The fraction of sp³-hybridized carbons (Fsp3) is 0.429. The van der Waals surface area contributed by atoms with Crippen LogP contribution < -0.4 is 0 Å². The highest BCUT2D eigenvalue weighted by molar-refractivity contribution is 6.42. The van der Waals surface area contributed by atoms with E-state index < -0.39 is 0 Å². The Morgan fingerprint density at radius 3 is 2.54 bits per heavy atom. The molecule has 2 aliphatic heterocycles. The second-order valence-corrected chi connectivity index (χ2v) is 10.8. The predicted molar refractivity (Wildman–Crippen MR) is 144 cm³/mol. The Labute approximate surface area is 217 Å². The zero-order chi connectivity index (χ0) is 24.4. The van der Waals surface area contributed by atoms with E-state index in [9.17, 15) is 4.79 Å². The molecule has 35 heavy (non-hydrogen) atoms. The van der Waals surface area contributed by atoms with Gasteiger partial charge in [-0.3, -0.25) is 4.79 Å². The molecule has 0 radical (unpaired) electrons. The third kappa shape index (κ3) is 5.74. The molecule has 2 aliphatic rings. The number of hydrogen-bond donors (Lipinski definition) is 1. The van der Waals surface area contributed by atoms with Crippen molar-refractivity contribution < 1.29 is 4.79 Å². The molecule has 1 N–H and O–H groups in total. The number of amides is 1. The second-order valence-electron chi connectivity index (χ2n) is 9.94. The van der Waals surface area contributed by atoms with Crippen LogP contribution >= 0.6 is 23.2 Å². The van der Waals surface area contributed by atoms with Crippen LogP contribution in [0.4, 0.5) is 0 Å². The summed E-state index contributed by atoms with van der Waals surface area (Å²) in [6.45, 7) is 7.14. The first-order valence-corrected chi connectivity index (χ1v) is 13.3. The molecule has 5 rings (SSSR count). The Bertz CT molecular complexity index is 1220. The number of carbonyl (C=O) groups excluding carboxylic acids is 1. The highest BCUT2D eigenvalue weighted by Gasteiger charge is 2.27. The Kier molecular flexibility index (Phi) is 7.47. The van der Waals surface area contributed by atoms with Gasteiger partial charge in [0.05, 0.1) is 21.1 Å². The largest absolute Gasteiger partial charge is 0.342 e. The average molecular weight is 511 g/mol. The van der Waals surface area contributed by atoms with Gasteiger partial charge in [-0.15, -0.1) is 0 Å². The monoisotopic (exact) mass is 510 g/mol. The maximum atomic E-state index is 12.6. The zero-order valence-corrected chi connectivity index (χ0v) is 21.7. The molecule has 2 saturated heterocycles. The van der Waals surface area contributed by atoms with Crippen molar-refractivity contribution in [1.29, 1.82) is 0 Å². The summed E-state index contributed by atoms with van der Waals surface area (Å²) in [5.74, 6) is 2.38. The molecule has 0 spiro atoms. The number of aromatic amines is 1. The van der Waals surface area contributed by atoms with E-state index in [-0.39, 0.29) is 5.91 Å². The summed E-state index contributed by atoms with van der Waals surface area (Å²) in [5.41, 5.74) is 4.37. The summed E-state index contributed by atoms with van der Waals surface area (Å²) in [6, 6.07) is 11.7. The number of imidazole rings is 1. The quantitative estimate of drug-likeness (QED) is 0.409. The molecule has 184 valence electrons. The van der Waals surface area contributed by atoms with Crippen molar-refractivity contribution in [2.24, 2.45) is 5.92 Å². The number of benzene rings is 2. The number of H-pyrrole nitrogens is 1. The summed E-state index contributed by atoms with van der Waals surface area (Å²) in [4.78, 5) is 25.7. The van der Waals surface area contributed by atoms with Crippen molar-refractivity contribution in [3.8, 4) is 0 Å². The molecule has 2 aromatic carbocycles. The SMILES string of the molecule is Cc1cccc2[nH]c(C3CCN(CC4CCN(C(=O)/C=C/c5ccc(Cl)c(Cl)c5)CC4)CC3)nc12. The minimum atomic E-state index is 0.0661. The number of hydrogen-bond acceptors (Lipinski definition) is 3. The van der Waals surface area contributed by atoms with E-state index in [0.717, 1.165) is 80.8 Å². The molecule has 7 heteroatoms. The number of nitrogens with one attached hydrogen (secondary N) is 1. The number of likely N-dealkylation sites (tertiary alicyclic amines) is 2. The van der Waals surface area contributed by atoms with Gasteiger partial charge in [-0.2, -0.15) is 0 Å². The van der Waals surface area contributed by atoms with Gasteiger partial charge in [-0.1, -0.05) is 41.4 Å². The third-order valence-corrected chi connectivity index (χ3v) is 8.25. The van der Waals surface area contributed by atoms with Crippen molar-refractivity contribution in [1.82, 2.24) is 19.8 Å². The van der Waals surface area contributed by atoms with Crippen LogP contribution in [0.3, 0.4) is 0 Å². The summed E-state index contributed by atoms with van der Waals surface area (Å²) in [7, 11) is 0. The molecular formula is C28H32Cl2N4O. The van der Waals surface area contributed by atoms with E-state index in [0.29, 0.717) is 21.9 Å². The molecule has 2 fully saturated rings. The Morgan fingerprint density at radius 2 is 1.83 bits per heavy atom. The summed E-state index contributed by atoms with van der Waals surface area (Å²) in [6.07, 6.45) is 7.88. The summed E-state index contributed by atoms with van der Waals surface area (Å²) in [5, 5.41) is 1.02. The number of carbonyl (C=O) groups is 1. The van der Waals surface area contributed by atoms with E-state index >= 15 is 0 Å². The fourth-order valence-electron chi connectivity index (χ4n) is 5.37. The van der Waals surface area contributed by atoms with E-state index in [1.54, 1.807) is 18.2 Å². The molecule has 0 atom stereocenters. The number of rotatable bonds is 5. The standard InChI is InChI=1S/C28H32Cl2N4O/c1-19-3-2-4-25-27(19)32-28(31-25)22-11-13-33(14-12-22)18-21-9-15-34(16-10-21)26(35)8-6-20-5-7-23(29)24(30)17-20/h2-8,17,21-22H,9-16,18H2,1H3,(H,31,32)/b8-6+. The fourth-order valence-corrected chi connectivity index (χ4v) is 5.67. The van der Waals surface area contributed by atoms with Gasteiger partial charge in [0.25, 0.3) is 0 Å². The number of nitrogens with zero attached hydrogens (tertiary/aromatic N) is 3. The lowest BCUT2D eigenvalue weighted by Crippen LogP contribution is -2.42. The van der Waals surface area contributed by atoms with Crippen LogP contribution in [0.15, 0.2) is 42.5 Å². The van der Waals surface area contributed by atoms with Crippen molar-refractivity contribution in [3.05, 3.63) is 69.5 Å². The summed E-state index contributed by atoms with van der Waals surface area (Å²) < 4.78 is 0. The van der Waals surface area contributed by atoms with Crippen LogP contribution in [-0.2, 0) is 4.79 Å². The predicted octanol–water partition coefficient (Wildman–Crippen LogP) is 6.31. The molecule has 1 aromatic heterocycles. The van der Waals surface area contributed by atoms with Gasteiger partial charge in [0, 0.05) is 31.6 Å². The van der Waals surface area contributed by atoms with Crippen molar-refractivity contribution >= 4 is 46.2 Å². The molecule has 3 aromatic rings. The number of fused-ring (bicyclic) bond motifs is 1. The highest BCUT2D eigenvalue weighted by atomic mass is 35.5. The smallest absolute Gasteiger partial charge is 0.246 e. The lowest BCUT2D eigenvalue weighted by atomic mass is 9.92. The van der Waals surface area contributed by atoms with Crippen LogP contribution in [0.1, 0.15) is 48.6 Å². The van der Waals surface area contributed by atoms with Crippen molar-refractivity contribution in [2.45, 2.75) is 38.5 Å². The zero-order valence-electron chi connectivity index (χ0n) is 20.1. The minimum Gasteiger partial charge on any atom is -0.342 e. The highest BCUT2D eigenvalue weighted by Crippen LogP contribution is 2.30. The van der Waals surface area contributed by atoms with Gasteiger partial charge in [0.2, 0.25) is 5.91 Å². The van der Waals surface area contributed by atoms with Gasteiger partial charge >= 0.3 is 0 Å². The van der Waals surface area contributed by atoms with E-state index in [4.69, 9.17) is 28.2 Å². The van der Waals surface area contributed by atoms with Gasteiger partial charge in [0.15, 0.2) is 0 Å². The maximum absolute atomic E-state index is 12.6. The number of halogens is 2. The molecular weight excluding hydrogens is 479 g/mol.